The van der Waals surface area contributed by atoms with Crippen molar-refractivity contribution in [2.75, 3.05) is 38.3 Å². The van der Waals surface area contributed by atoms with E-state index in [1.54, 1.807) is 17.3 Å². The number of nitrogens with zero attached hydrogens (tertiary/aromatic N) is 2. The molecule has 0 spiro atoms. The molecule has 2 aliphatic heterocycles. The summed E-state index contributed by atoms with van der Waals surface area (Å²) in [5.41, 5.74) is 0.844. The van der Waals surface area contributed by atoms with Crippen molar-refractivity contribution in [2.24, 2.45) is 5.41 Å². The molecule has 0 N–H and O–H groups in total. The summed E-state index contributed by atoms with van der Waals surface area (Å²) in [6, 6.07) is 3.85. The average Bonchev–Trinajstić information content (AvgIpc) is 2.66. The molecule has 0 radical (unpaired) electrons. The highest BCUT2D eigenvalue weighted by Crippen LogP contribution is 2.40. The van der Waals surface area contributed by atoms with Crippen LogP contribution in [0.3, 0.4) is 0 Å². The number of rotatable bonds is 7. The van der Waals surface area contributed by atoms with Crippen molar-refractivity contribution in [3.8, 4) is 0 Å². The Bertz CT molecular complexity index is 740. The maximum absolute atomic E-state index is 12.5. The van der Waals surface area contributed by atoms with E-state index in [0.717, 1.165) is 37.7 Å². The topological polar surface area (TPSA) is 85.8 Å². The number of ether oxygens (including phenoxy) is 2. The van der Waals surface area contributed by atoms with E-state index < -0.39 is 9.84 Å². The molecule has 0 saturated carbocycles. The van der Waals surface area contributed by atoms with Crippen LogP contribution in [0.1, 0.15) is 31.2 Å². The smallest absolute Gasteiger partial charge is 0.223 e. The number of hydrogen-bond donors (Lipinski definition) is 0. The van der Waals surface area contributed by atoms with Crippen LogP contribution >= 0.6 is 0 Å². The Morgan fingerprint density at radius 3 is 2.93 bits per heavy atom. The van der Waals surface area contributed by atoms with Crippen molar-refractivity contribution in [1.82, 2.24) is 9.88 Å². The molecule has 3 heterocycles. The molecule has 2 unspecified atom stereocenters. The third kappa shape index (κ3) is 5.49. The van der Waals surface area contributed by atoms with E-state index >= 15 is 0 Å². The number of carbonyl (C=O) groups excluding carboxylic acids is 1. The fourth-order valence-electron chi connectivity index (χ4n) is 4.00. The van der Waals surface area contributed by atoms with Crippen LogP contribution in [-0.4, -0.2) is 68.6 Å². The lowest BCUT2D eigenvalue weighted by Crippen LogP contribution is -2.58. The SMILES string of the molecule is CS(=O)(=O)CCC(=O)N1CCC2OCCCC2(COCc2ccncc2)C1. The molecule has 1 aromatic heterocycles. The van der Waals surface area contributed by atoms with Crippen molar-refractivity contribution in [2.45, 2.75) is 38.4 Å². The van der Waals surface area contributed by atoms with Gasteiger partial charge in [0.25, 0.3) is 0 Å². The van der Waals surface area contributed by atoms with Gasteiger partial charge < -0.3 is 14.4 Å². The van der Waals surface area contributed by atoms with Crippen molar-refractivity contribution in [1.29, 1.82) is 0 Å². The fourth-order valence-corrected chi connectivity index (χ4v) is 4.54. The summed E-state index contributed by atoms with van der Waals surface area (Å²) in [6.45, 7) is 2.95. The molecular weight excluding hydrogens is 368 g/mol. The number of likely N-dealkylation sites (tertiary alicyclic amines) is 1. The monoisotopic (exact) mass is 396 g/mol. The van der Waals surface area contributed by atoms with Gasteiger partial charge in [0.1, 0.15) is 9.84 Å². The summed E-state index contributed by atoms with van der Waals surface area (Å²) in [6.07, 6.45) is 7.43. The second-order valence-corrected chi connectivity index (χ2v) is 9.92. The molecule has 1 amide bonds. The van der Waals surface area contributed by atoms with Gasteiger partial charge in [-0.05, 0) is 37.0 Å². The first kappa shape index (κ1) is 20.2. The molecule has 3 rings (SSSR count). The van der Waals surface area contributed by atoms with Gasteiger partial charge in [-0.2, -0.15) is 0 Å². The molecule has 0 bridgehead atoms. The number of piperidine rings is 1. The van der Waals surface area contributed by atoms with E-state index in [4.69, 9.17) is 9.47 Å². The highest BCUT2D eigenvalue weighted by Gasteiger charge is 2.47. The van der Waals surface area contributed by atoms with Crippen molar-refractivity contribution in [3.05, 3.63) is 30.1 Å². The van der Waals surface area contributed by atoms with Crippen molar-refractivity contribution < 1.29 is 22.7 Å². The van der Waals surface area contributed by atoms with Gasteiger partial charge in [-0.1, -0.05) is 0 Å². The Hall–Kier alpha value is -1.51. The van der Waals surface area contributed by atoms with E-state index in [0.29, 0.717) is 26.3 Å². The number of hydrogen-bond acceptors (Lipinski definition) is 6. The second kappa shape index (κ2) is 8.67. The van der Waals surface area contributed by atoms with E-state index in [1.165, 1.54) is 0 Å². The van der Waals surface area contributed by atoms with Crippen LogP contribution in [0.4, 0.5) is 0 Å². The lowest BCUT2D eigenvalue weighted by Gasteiger charge is -2.50. The zero-order valence-corrected chi connectivity index (χ0v) is 16.6. The number of pyridine rings is 1. The summed E-state index contributed by atoms with van der Waals surface area (Å²) in [5, 5.41) is 0. The molecule has 1 aromatic rings. The Labute approximate surface area is 161 Å². The normalized spacial score (nSPS) is 25.8. The molecule has 0 aliphatic carbocycles. The maximum atomic E-state index is 12.5. The molecule has 0 aromatic carbocycles. The number of aromatic nitrogens is 1. The molecule has 8 heteroatoms. The number of fused-ring (bicyclic) bond motifs is 1. The zero-order valence-electron chi connectivity index (χ0n) is 15.8. The minimum atomic E-state index is -3.14. The first-order valence-corrected chi connectivity index (χ1v) is 11.5. The molecule has 27 heavy (non-hydrogen) atoms. The van der Waals surface area contributed by atoms with Gasteiger partial charge in [-0.15, -0.1) is 0 Å². The van der Waals surface area contributed by atoms with Gasteiger partial charge in [0.15, 0.2) is 0 Å². The number of amides is 1. The van der Waals surface area contributed by atoms with Crippen LogP contribution in [-0.2, 0) is 30.7 Å². The van der Waals surface area contributed by atoms with Gasteiger partial charge >= 0.3 is 0 Å². The summed E-state index contributed by atoms with van der Waals surface area (Å²) < 4.78 is 34.8. The van der Waals surface area contributed by atoms with Crippen LogP contribution in [0.15, 0.2) is 24.5 Å². The third-order valence-electron chi connectivity index (χ3n) is 5.44. The lowest BCUT2D eigenvalue weighted by molar-refractivity contribution is -0.165. The van der Waals surface area contributed by atoms with E-state index in [9.17, 15) is 13.2 Å². The zero-order chi connectivity index (χ0) is 19.3. The Morgan fingerprint density at radius 1 is 1.41 bits per heavy atom. The van der Waals surface area contributed by atoms with Crippen LogP contribution in [0.5, 0.6) is 0 Å². The maximum Gasteiger partial charge on any atom is 0.223 e. The van der Waals surface area contributed by atoms with Crippen LogP contribution < -0.4 is 0 Å². The van der Waals surface area contributed by atoms with Gasteiger partial charge in [0, 0.05) is 50.2 Å². The third-order valence-corrected chi connectivity index (χ3v) is 6.38. The number of sulfone groups is 1. The Kier molecular flexibility index (Phi) is 6.49. The molecular formula is C19H28N2O5S. The van der Waals surface area contributed by atoms with E-state index in [2.05, 4.69) is 4.98 Å². The lowest BCUT2D eigenvalue weighted by atomic mass is 9.73. The minimum absolute atomic E-state index is 0.0400. The summed E-state index contributed by atoms with van der Waals surface area (Å²) in [5.74, 6) is -0.202. The second-order valence-electron chi connectivity index (χ2n) is 7.66. The summed E-state index contributed by atoms with van der Waals surface area (Å²) in [7, 11) is -3.14. The van der Waals surface area contributed by atoms with Crippen LogP contribution in [0.25, 0.3) is 0 Å². The molecule has 150 valence electrons. The minimum Gasteiger partial charge on any atom is -0.377 e. The standard InChI is InChI=1S/C19H28N2O5S/c1-27(23,24)12-6-18(22)21-10-5-17-19(14-21,7-2-11-26-17)15-25-13-16-3-8-20-9-4-16/h3-4,8-9,17H,2,5-7,10-15H2,1H3. The number of carbonyl (C=O) groups is 1. The first-order valence-electron chi connectivity index (χ1n) is 9.42. The molecule has 2 atom stereocenters. The Morgan fingerprint density at radius 2 is 2.19 bits per heavy atom. The average molecular weight is 397 g/mol. The largest absolute Gasteiger partial charge is 0.377 e. The fraction of sp³-hybridized carbons (Fsp3) is 0.684. The highest BCUT2D eigenvalue weighted by atomic mass is 32.2. The molecule has 2 fully saturated rings. The molecule has 7 nitrogen and oxygen atoms in total. The van der Waals surface area contributed by atoms with Crippen molar-refractivity contribution >= 4 is 15.7 Å². The first-order chi connectivity index (χ1) is 12.9. The van der Waals surface area contributed by atoms with Crippen LogP contribution in [0.2, 0.25) is 0 Å². The summed E-state index contributed by atoms with van der Waals surface area (Å²) in [4.78, 5) is 18.3. The van der Waals surface area contributed by atoms with Crippen LogP contribution in [0, 0.1) is 5.41 Å². The predicted octanol–water partition coefficient (Wildman–Crippen LogP) is 1.43. The van der Waals surface area contributed by atoms with E-state index in [1.807, 2.05) is 12.1 Å². The van der Waals surface area contributed by atoms with Gasteiger partial charge in [-0.25, -0.2) is 8.42 Å². The van der Waals surface area contributed by atoms with Gasteiger partial charge in [0.2, 0.25) is 5.91 Å². The quantitative estimate of drug-likeness (QED) is 0.693. The molecule has 2 saturated heterocycles. The van der Waals surface area contributed by atoms with Gasteiger partial charge in [0.05, 0.1) is 25.1 Å². The van der Waals surface area contributed by atoms with Crippen molar-refractivity contribution in [3.63, 3.8) is 0 Å². The Balaban J connectivity index is 1.62. The highest BCUT2D eigenvalue weighted by molar-refractivity contribution is 7.90. The van der Waals surface area contributed by atoms with Gasteiger partial charge in [-0.3, -0.25) is 9.78 Å². The summed E-state index contributed by atoms with van der Waals surface area (Å²) >= 11 is 0. The van der Waals surface area contributed by atoms with E-state index in [-0.39, 0.29) is 29.6 Å². The predicted molar refractivity (Wildman–Crippen MR) is 101 cm³/mol. The molecule has 2 aliphatic rings.